The smallest absolute Gasteiger partial charge is 0.302 e. The summed E-state index contributed by atoms with van der Waals surface area (Å²) in [5.41, 5.74) is 1.50. The number of carbonyl (C=O) groups excluding carboxylic acids is 1. The molecule has 1 saturated carbocycles. The predicted octanol–water partition coefficient (Wildman–Crippen LogP) is 3.11. The van der Waals surface area contributed by atoms with Crippen molar-refractivity contribution in [3.8, 4) is 5.75 Å². The van der Waals surface area contributed by atoms with Gasteiger partial charge < -0.3 is 19.3 Å². The zero-order valence-corrected chi connectivity index (χ0v) is 15.3. The SMILES string of the molecule is C=C1CC[C@H](O)C(C)(COCc2ccc(OC)cc2)C1COC(C)=O. The van der Waals surface area contributed by atoms with Gasteiger partial charge in [0.05, 0.1) is 33.0 Å². The second-order valence-corrected chi connectivity index (χ2v) is 6.91. The third-order valence-electron chi connectivity index (χ3n) is 5.08. The van der Waals surface area contributed by atoms with Crippen molar-refractivity contribution in [3.05, 3.63) is 42.0 Å². The first kappa shape index (κ1) is 19.5. The molecular weight excluding hydrogens is 320 g/mol. The number of aliphatic hydroxyl groups is 1. The van der Waals surface area contributed by atoms with Gasteiger partial charge in [-0.05, 0) is 30.5 Å². The number of esters is 1. The van der Waals surface area contributed by atoms with Gasteiger partial charge in [0.2, 0.25) is 0 Å². The lowest BCUT2D eigenvalue weighted by Crippen LogP contribution is -2.48. The summed E-state index contributed by atoms with van der Waals surface area (Å²) in [4.78, 5) is 11.2. The Morgan fingerprint density at radius 3 is 2.64 bits per heavy atom. The second kappa shape index (κ2) is 8.50. The molecule has 0 amide bonds. The number of hydrogen-bond acceptors (Lipinski definition) is 5. The van der Waals surface area contributed by atoms with Crippen LogP contribution in [-0.4, -0.2) is 37.5 Å². The summed E-state index contributed by atoms with van der Waals surface area (Å²) >= 11 is 0. The van der Waals surface area contributed by atoms with Crippen LogP contribution >= 0.6 is 0 Å². The molecule has 0 aliphatic heterocycles. The number of hydrogen-bond donors (Lipinski definition) is 1. The number of benzene rings is 1. The lowest BCUT2D eigenvalue weighted by atomic mass is 9.64. The van der Waals surface area contributed by atoms with Crippen molar-refractivity contribution in [1.29, 1.82) is 0 Å². The molecule has 0 saturated heterocycles. The van der Waals surface area contributed by atoms with Crippen molar-refractivity contribution in [2.45, 2.75) is 39.4 Å². The summed E-state index contributed by atoms with van der Waals surface area (Å²) < 4.78 is 16.3. The first-order chi connectivity index (χ1) is 11.9. The van der Waals surface area contributed by atoms with E-state index in [0.717, 1.165) is 23.3 Å². The highest BCUT2D eigenvalue weighted by Crippen LogP contribution is 2.44. The van der Waals surface area contributed by atoms with E-state index in [-0.39, 0.29) is 18.5 Å². The molecule has 2 unspecified atom stereocenters. The van der Waals surface area contributed by atoms with E-state index in [2.05, 4.69) is 6.58 Å². The fourth-order valence-electron chi connectivity index (χ4n) is 3.34. The maximum atomic E-state index is 11.2. The van der Waals surface area contributed by atoms with Gasteiger partial charge in [-0.15, -0.1) is 0 Å². The van der Waals surface area contributed by atoms with Gasteiger partial charge in [-0.1, -0.05) is 31.2 Å². The summed E-state index contributed by atoms with van der Waals surface area (Å²) in [6.07, 6.45) is 0.869. The first-order valence-electron chi connectivity index (χ1n) is 8.56. The quantitative estimate of drug-likeness (QED) is 0.606. The molecule has 0 aromatic heterocycles. The topological polar surface area (TPSA) is 65.0 Å². The molecule has 3 atom stereocenters. The maximum Gasteiger partial charge on any atom is 0.302 e. The zero-order valence-electron chi connectivity index (χ0n) is 15.3. The molecule has 1 aromatic rings. The number of ether oxygens (including phenoxy) is 3. The average molecular weight is 348 g/mol. The summed E-state index contributed by atoms with van der Waals surface area (Å²) in [6, 6.07) is 7.68. The van der Waals surface area contributed by atoms with E-state index in [1.165, 1.54) is 6.92 Å². The Balaban J connectivity index is 2.00. The Hall–Kier alpha value is -1.85. The Labute approximate surface area is 149 Å². The van der Waals surface area contributed by atoms with Crippen molar-refractivity contribution in [2.24, 2.45) is 11.3 Å². The average Bonchev–Trinajstić information content (AvgIpc) is 2.59. The lowest BCUT2D eigenvalue weighted by Gasteiger charge is -2.45. The van der Waals surface area contributed by atoms with Crippen molar-refractivity contribution in [3.63, 3.8) is 0 Å². The van der Waals surface area contributed by atoms with Crippen LogP contribution in [0.15, 0.2) is 36.4 Å². The summed E-state index contributed by atoms with van der Waals surface area (Å²) in [7, 11) is 1.63. The Bertz CT molecular complexity index is 595. The molecule has 0 radical (unpaired) electrons. The molecule has 0 bridgehead atoms. The molecule has 1 fully saturated rings. The van der Waals surface area contributed by atoms with E-state index in [1.807, 2.05) is 31.2 Å². The lowest BCUT2D eigenvalue weighted by molar-refractivity contribution is -0.147. The van der Waals surface area contributed by atoms with Gasteiger partial charge in [0.1, 0.15) is 5.75 Å². The second-order valence-electron chi connectivity index (χ2n) is 6.91. The normalized spacial score (nSPS) is 26.3. The van der Waals surface area contributed by atoms with Crippen LogP contribution in [0.4, 0.5) is 0 Å². The van der Waals surface area contributed by atoms with E-state index in [4.69, 9.17) is 14.2 Å². The molecule has 138 valence electrons. The van der Waals surface area contributed by atoms with Gasteiger partial charge in [0, 0.05) is 18.3 Å². The number of aliphatic hydroxyl groups excluding tert-OH is 1. The van der Waals surface area contributed by atoms with Gasteiger partial charge in [-0.25, -0.2) is 0 Å². The number of methoxy groups -OCH3 is 1. The van der Waals surface area contributed by atoms with Crippen LogP contribution < -0.4 is 4.74 Å². The summed E-state index contributed by atoms with van der Waals surface area (Å²) in [5, 5.41) is 10.6. The van der Waals surface area contributed by atoms with E-state index in [0.29, 0.717) is 19.6 Å². The minimum absolute atomic E-state index is 0.115. The summed E-state index contributed by atoms with van der Waals surface area (Å²) in [6.45, 7) is 8.52. The van der Waals surface area contributed by atoms with Gasteiger partial charge >= 0.3 is 5.97 Å². The Kier molecular flexibility index (Phi) is 6.62. The molecule has 0 heterocycles. The van der Waals surface area contributed by atoms with Gasteiger partial charge in [-0.2, -0.15) is 0 Å². The number of rotatable bonds is 7. The van der Waals surface area contributed by atoms with Gasteiger partial charge in [0.15, 0.2) is 0 Å². The van der Waals surface area contributed by atoms with Crippen LogP contribution in [0.5, 0.6) is 5.75 Å². The molecule has 0 spiro atoms. The van der Waals surface area contributed by atoms with Crippen LogP contribution in [0, 0.1) is 11.3 Å². The largest absolute Gasteiger partial charge is 0.497 e. The molecule has 5 heteroatoms. The van der Waals surface area contributed by atoms with Crippen LogP contribution in [0.2, 0.25) is 0 Å². The highest BCUT2D eigenvalue weighted by Gasteiger charge is 2.45. The summed E-state index contributed by atoms with van der Waals surface area (Å²) in [5.74, 6) is 0.363. The highest BCUT2D eigenvalue weighted by molar-refractivity contribution is 5.65. The fourth-order valence-corrected chi connectivity index (χ4v) is 3.34. The third kappa shape index (κ3) is 4.83. The Morgan fingerprint density at radius 1 is 1.36 bits per heavy atom. The van der Waals surface area contributed by atoms with Crippen molar-refractivity contribution < 1.29 is 24.1 Å². The van der Waals surface area contributed by atoms with E-state index < -0.39 is 11.5 Å². The molecule has 5 nitrogen and oxygen atoms in total. The highest BCUT2D eigenvalue weighted by atomic mass is 16.5. The molecule has 1 aliphatic carbocycles. The van der Waals surface area contributed by atoms with E-state index in [1.54, 1.807) is 7.11 Å². The maximum absolute atomic E-state index is 11.2. The number of carbonyl (C=O) groups is 1. The fraction of sp³-hybridized carbons (Fsp3) is 0.550. The van der Waals surface area contributed by atoms with E-state index in [9.17, 15) is 9.90 Å². The molecule has 1 aromatic carbocycles. The van der Waals surface area contributed by atoms with Crippen LogP contribution in [0.3, 0.4) is 0 Å². The van der Waals surface area contributed by atoms with Crippen molar-refractivity contribution >= 4 is 5.97 Å². The minimum atomic E-state index is -0.531. The third-order valence-corrected chi connectivity index (χ3v) is 5.08. The minimum Gasteiger partial charge on any atom is -0.497 e. The molecule has 2 rings (SSSR count). The zero-order chi connectivity index (χ0) is 18.4. The first-order valence-corrected chi connectivity index (χ1v) is 8.56. The standard InChI is InChI=1S/C20H28O5/c1-14-5-10-19(22)20(3,18(14)12-25-15(2)21)13-24-11-16-6-8-17(23-4)9-7-16/h6-9,18-19,22H,1,5,10-13H2,2-4H3/t18?,19-,20?/m0/s1. The molecule has 1 N–H and O–H groups in total. The van der Waals surface area contributed by atoms with Gasteiger partial charge in [0.25, 0.3) is 0 Å². The molecular formula is C20H28O5. The van der Waals surface area contributed by atoms with Crippen LogP contribution in [-0.2, 0) is 20.9 Å². The molecule has 25 heavy (non-hydrogen) atoms. The van der Waals surface area contributed by atoms with E-state index >= 15 is 0 Å². The van der Waals surface area contributed by atoms with Gasteiger partial charge in [-0.3, -0.25) is 4.79 Å². The molecule has 1 aliphatic rings. The van der Waals surface area contributed by atoms with Crippen molar-refractivity contribution in [2.75, 3.05) is 20.3 Å². The van der Waals surface area contributed by atoms with Crippen LogP contribution in [0.25, 0.3) is 0 Å². The van der Waals surface area contributed by atoms with Crippen LogP contribution in [0.1, 0.15) is 32.3 Å². The predicted molar refractivity (Wildman–Crippen MR) is 95.3 cm³/mol. The van der Waals surface area contributed by atoms with Crippen molar-refractivity contribution in [1.82, 2.24) is 0 Å². The Morgan fingerprint density at radius 2 is 2.04 bits per heavy atom. The monoisotopic (exact) mass is 348 g/mol.